The largest absolute Gasteiger partial charge is 0.365 e. The molecule has 0 radical (unpaired) electrons. The topological polar surface area (TPSA) is 67.0 Å². The summed E-state index contributed by atoms with van der Waals surface area (Å²) in [7, 11) is 0. The van der Waals surface area contributed by atoms with Crippen molar-refractivity contribution in [2.24, 2.45) is 0 Å². The minimum Gasteiger partial charge on any atom is -0.365 e. The minimum absolute atomic E-state index is 0.140. The Labute approximate surface area is 105 Å². The van der Waals surface area contributed by atoms with Gasteiger partial charge in [-0.3, -0.25) is 10.1 Å². The molecule has 0 saturated carbocycles. The highest BCUT2D eigenvalue weighted by Gasteiger charge is 2.38. The quantitative estimate of drug-likeness (QED) is 0.851. The second-order valence-electron chi connectivity index (χ2n) is 4.74. The smallest absolute Gasteiger partial charge is 0.258 e. The molecule has 1 saturated heterocycles. The zero-order chi connectivity index (χ0) is 12.6. The molecule has 1 aliphatic rings. The number of carbonyl (C=O) groups is 1. The van der Waals surface area contributed by atoms with Crippen molar-refractivity contribution in [1.29, 1.82) is 0 Å². The molecule has 94 valence electrons. The second kappa shape index (κ2) is 4.10. The van der Waals surface area contributed by atoms with Crippen LogP contribution in [0.1, 0.15) is 19.8 Å². The number of hydrogen-bond acceptors (Lipinski definition) is 3. The first-order valence-electron chi connectivity index (χ1n) is 6.08. The van der Waals surface area contributed by atoms with Crippen molar-refractivity contribution in [3.05, 3.63) is 24.3 Å². The number of anilines is 1. The van der Waals surface area contributed by atoms with E-state index in [1.807, 2.05) is 31.2 Å². The third-order valence-corrected chi connectivity index (χ3v) is 3.32. The maximum absolute atomic E-state index is 12.1. The van der Waals surface area contributed by atoms with Crippen LogP contribution in [0.5, 0.6) is 0 Å². The number of hydrogen-bond donors (Lipinski definition) is 2. The van der Waals surface area contributed by atoms with E-state index in [-0.39, 0.29) is 5.91 Å². The number of carbonyl (C=O) groups excluding carboxylic acids is 1. The molecule has 2 N–H and O–H groups in total. The fraction of sp³-hybridized carbons (Fsp3) is 0.385. The molecular formula is C13H15N3O2. The van der Waals surface area contributed by atoms with E-state index < -0.39 is 5.60 Å². The molecule has 1 aromatic heterocycles. The molecule has 1 atom stereocenters. The molecule has 0 spiro atoms. The van der Waals surface area contributed by atoms with Crippen LogP contribution in [-0.2, 0) is 9.53 Å². The average molecular weight is 245 g/mol. The zero-order valence-corrected chi connectivity index (χ0v) is 10.2. The van der Waals surface area contributed by atoms with Crippen molar-refractivity contribution in [1.82, 2.24) is 9.97 Å². The number of rotatable bonds is 2. The molecule has 18 heavy (non-hydrogen) atoms. The summed E-state index contributed by atoms with van der Waals surface area (Å²) in [5.74, 6) is 0.331. The predicted octanol–water partition coefficient (Wildman–Crippen LogP) is 2.07. The van der Waals surface area contributed by atoms with Gasteiger partial charge in [-0.2, -0.15) is 0 Å². The summed E-state index contributed by atoms with van der Waals surface area (Å²) in [4.78, 5) is 19.5. The van der Waals surface area contributed by atoms with Crippen LogP contribution in [0.3, 0.4) is 0 Å². The number of H-pyrrole nitrogens is 1. The Bertz CT molecular complexity index is 552. The summed E-state index contributed by atoms with van der Waals surface area (Å²) < 4.78 is 5.49. The van der Waals surface area contributed by atoms with Gasteiger partial charge < -0.3 is 9.72 Å². The minimum atomic E-state index is -0.723. The van der Waals surface area contributed by atoms with Crippen LogP contribution in [0, 0.1) is 0 Å². The van der Waals surface area contributed by atoms with Crippen LogP contribution in [0.2, 0.25) is 0 Å². The maximum atomic E-state index is 12.1. The van der Waals surface area contributed by atoms with Crippen LogP contribution < -0.4 is 5.32 Å². The van der Waals surface area contributed by atoms with Gasteiger partial charge in [0.05, 0.1) is 11.0 Å². The van der Waals surface area contributed by atoms with Crippen LogP contribution in [-0.4, -0.2) is 28.1 Å². The summed E-state index contributed by atoms with van der Waals surface area (Å²) in [6, 6.07) is 7.66. The third kappa shape index (κ3) is 1.86. The number of fused-ring (bicyclic) bond motifs is 1. The first-order valence-corrected chi connectivity index (χ1v) is 6.08. The van der Waals surface area contributed by atoms with E-state index in [0.717, 1.165) is 23.9 Å². The van der Waals surface area contributed by atoms with Crippen molar-refractivity contribution in [3.8, 4) is 0 Å². The lowest BCUT2D eigenvalue weighted by molar-refractivity contribution is -0.133. The summed E-state index contributed by atoms with van der Waals surface area (Å²) in [5, 5.41) is 2.78. The molecule has 2 aromatic rings. The van der Waals surface area contributed by atoms with Gasteiger partial charge >= 0.3 is 0 Å². The van der Waals surface area contributed by atoms with Gasteiger partial charge in [0.15, 0.2) is 0 Å². The van der Waals surface area contributed by atoms with E-state index >= 15 is 0 Å². The van der Waals surface area contributed by atoms with Gasteiger partial charge in [-0.15, -0.1) is 0 Å². The first-order chi connectivity index (χ1) is 8.67. The SMILES string of the molecule is CC1(C(=O)Nc2nc3ccccc3[nH]2)CCCO1. The average Bonchev–Trinajstić information content (AvgIpc) is 2.95. The van der Waals surface area contributed by atoms with Crippen LogP contribution >= 0.6 is 0 Å². The molecule has 1 aromatic carbocycles. The number of aromatic nitrogens is 2. The van der Waals surface area contributed by atoms with E-state index in [0.29, 0.717) is 12.6 Å². The number of ether oxygens (including phenoxy) is 1. The van der Waals surface area contributed by atoms with Crippen molar-refractivity contribution < 1.29 is 9.53 Å². The molecule has 0 bridgehead atoms. The molecule has 1 fully saturated rings. The van der Waals surface area contributed by atoms with E-state index in [4.69, 9.17) is 4.74 Å². The van der Waals surface area contributed by atoms with Gasteiger partial charge in [0.2, 0.25) is 5.95 Å². The molecule has 1 amide bonds. The molecular weight excluding hydrogens is 230 g/mol. The zero-order valence-electron chi connectivity index (χ0n) is 10.2. The highest BCUT2D eigenvalue weighted by Crippen LogP contribution is 2.26. The van der Waals surface area contributed by atoms with Gasteiger partial charge in [0.1, 0.15) is 5.60 Å². The van der Waals surface area contributed by atoms with Gasteiger partial charge in [0, 0.05) is 6.61 Å². The Kier molecular flexibility index (Phi) is 2.56. The highest BCUT2D eigenvalue weighted by molar-refractivity contribution is 5.97. The van der Waals surface area contributed by atoms with E-state index in [2.05, 4.69) is 15.3 Å². The molecule has 2 heterocycles. The number of nitrogens with one attached hydrogen (secondary N) is 2. The second-order valence-corrected chi connectivity index (χ2v) is 4.74. The fourth-order valence-electron chi connectivity index (χ4n) is 2.21. The standard InChI is InChI=1S/C13H15N3O2/c1-13(7-4-8-18-13)11(17)16-12-14-9-5-2-3-6-10(9)15-12/h2-3,5-6H,4,7-8H2,1H3,(H2,14,15,16,17). The summed E-state index contributed by atoms with van der Waals surface area (Å²) in [6.07, 6.45) is 1.67. The van der Waals surface area contributed by atoms with Gasteiger partial charge in [-0.05, 0) is 31.9 Å². The number of benzene rings is 1. The normalized spacial score (nSPS) is 23.4. The summed E-state index contributed by atoms with van der Waals surface area (Å²) in [5.41, 5.74) is 1.02. The molecule has 1 unspecified atom stereocenters. The first kappa shape index (κ1) is 11.2. The number of nitrogens with zero attached hydrogens (tertiary/aromatic N) is 1. The molecule has 0 aliphatic carbocycles. The lowest BCUT2D eigenvalue weighted by Gasteiger charge is -2.20. The van der Waals surface area contributed by atoms with Gasteiger partial charge in [-0.25, -0.2) is 4.98 Å². The van der Waals surface area contributed by atoms with Crippen LogP contribution in [0.25, 0.3) is 11.0 Å². The lowest BCUT2D eigenvalue weighted by atomic mass is 10.0. The van der Waals surface area contributed by atoms with Crippen LogP contribution in [0.15, 0.2) is 24.3 Å². The van der Waals surface area contributed by atoms with E-state index in [1.54, 1.807) is 0 Å². The van der Waals surface area contributed by atoms with Crippen molar-refractivity contribution in [3.63, 3.8) is 0 Å². The molecule has 5 nitrogen and oxygen atoms in total. The van der Waals surface area contributed by atoms with Gasteiger partial charge in [-0.1, -0.05) is 12.1 Å². The van der Waals surface area contributed by atoms with Gasteiger partial charge in [0.25, 0.3) is 5.91 Å². The highest BCUT2D eigenvalue weighted by atomic mass is 16.5. The predicted molar refractivity (Wildman–Crippen MR) is 68.3 cm³/mol. The Morgan fingerprint density at radius 2 is 2.33 bits per heavy atom. The molecule has 5 heteroatoms. The van der Waals surface area contributed by atoms with Crippen molar-refractivity contribution in [2.45, 2.75) is 25.4 Å². The Morgan fingerprint density at radius 1 is 1.50 bits per heavy atom. The Morgan fingerprint density at radius 3 is 3.06 bits per heavy atom. The summed E-state index contributed by atoms with van der Waals surface area (Å²) in [6.45, 7) is 2.46. The Hall–Kier alpha value is -1.88. The molecule has 1 aliphatic heterocycles. The monoisotopic (exact) mass is 245 g/mol. The number of para-hydroxylation sites is 2. The third-order valence-electron chi connectivity index (χ3n) is 3.32. The summed E-state index contributed by atoms with van der Waals surface area (Å²) >= 11 is 0. The fourth-order valence-corrected chi connectivity index (χ4v) is 2.21. The van der Waals surface area contributed by atoms with E-state index in [1.165, 1.54) is 0 Å². The Balaban J connectivity index is 1.81. The van der Waals surface area contributed by atoms with Crippen molar-refractivity contribution in [2.75, 3.05) is 11.9 Å². The molecule has 3 rings (SSSR count). The number of amides is 1. The number of aromatic amines is 1. The number of imidazole rings is 1. The van der Waals surface area contributed by atoms with Crippen LogP contribution in [0.4, 0.5) is 5.95 Å². The van der Waals surface area contributed by atoms with E-state index in [9.17, 15) is 4.79 Å². The maximum Gasteiger partial charge on any atom is 0.258 e. The van der Waals surface area contributed by atoms with Crippen molar-refractivity contribution >= 4 is 22.9 Å². The lowest BCUT2D eigenvalue weighted by Crippen LogP contribution is -2.39.